The van der Waals surface area contributed by atoms with E-state index in [1.807, 2.05) is 25.1 Å². The van der Waals surface area contributed by atoms with Crippen molar-refractivity contribution in [2.75, 3.05) is 32.2 Å². The molecular formula is C53H61N17O15. The van der Waals surface area contributed by atoms with Crippen LogP contribution in [-0.2, 0) is 18.9 Å². The van der Waals surface area contributed by atoms with Gasteiger partial charge in [0.1, 0.15) is 89.7 Å². The molecule has 12 heterocycles. The second-order valence-corrected chi connectivity index (χ2v) is 21.1. The first-order valence-electron chi connectivity index (χ1n) is 26.4. The number of hydrogen-bond acceptors (Lipinski definition) is 25. The Morgan fingerprint density at radius 2 is 0.988 bits per heavy atom. The molecule has 448 valence electrons. The lowest BCUT2D eigenvalue weighted by atomic mass is 9.91. The molecule has 8 aromatic heterocycles. The summed E-state index contributed by atoms with van der Waals surface area (Å²) in [6.07, 6.45) is 4.74. The minimum atomic E-state index is -1.70. The van der Waals surface area contributed by atoms with Crippen LogP contribution in [0.5, 0.6) is 0 Å². The fraction of sp³-hybridized carbons (Fsp3) is 0.472. The Hall–Kier alpha value is -8.66. The van der Waals surface area contributed by atoms with Crippen LogP contribution >= 0.6 is 0 Å². The lowest BCUT2D eigenvalue weighted by molar-refractivity contribution is -0.0957. The molecule has 32 heteroatoms. The standard InChI is InChI=1S/C14H17N3O4.C13H15N5O4.C13H15N5O3.C13H14N4O4/c1-3-14(6-18)11(20)8(2)13(21-14)17-7-16-10-9(19)4-5-15-12(10)17;1-6-9(20)13(3-14,4-19)22-12(6)18-5-15-8-10(18)16-7(2)17-11(8)21;1-7-10(20)13(4-14,5-19)21-12(7)18-6-17-9-8(15)2-3-16-11(9)18;1-7-10(20)13(4-14,5-18)21-12(7)17-6-16-9-8(19)2-3-15-11(9)17/h3-5,7-8,11,13,18,20H,1,6H2,2H3,(H,15,19);5-6,9,12,19-20H,4H2,1-2H3,(H,16,17,21);2-3,6-7,10,12,19-20H,5H2,1H3,(H2,15,16);2-3,6-7,10,12,18,20H,5H2,1H3,(H,15,19)/t8-,11-,13+,14+;6-,9-,12+,13+;2*7-,10-,12+,13+/m0000/s1. The SMILES string of the molecule is C=C[C@]1(CO)O[C@@H](n2cnc3c(=O)cc[nH]c32)[C@@H](C)[C@@H]1O.C[C@@H]1[C@H](n2cnc3c(=O)cc[nH]c32)O[C@](C#N)(CO)[C@H]1O.C[C@@H]1[C@H](n2cnc3c(N)ccnc32)O[C@](C#N)(CO)[C@H]1O.Cc1nc2c(ncn2[C@@H]2O[C@](C#N)(CO)[C@@H](O)[C@@H]2C)c(=O)[nH]1. The third kappa shape index (κ3) is 10.00. The molecule has 0 bridgehead atoms. The summed E-state index contributed by atoms with van der Waals surface area (Å²) >= 11 is 0. The number of aromatic amines is 3. The number of pyridine rings is 3. The summed E-state index contributed by atoms with van der Waals surface area (Å²) in [7, 11) is 0. The van der Waals surface area contributed by atoms with Crippen molar-refractivity contribution in [3.8, 4) is 18.2 Å². The summed E-state index contributed by atoms with van der Waals surface area (Å²) in [4.78, 5) is 68.5. The molecule has 4 aliphatic rings. The van der Waals surface area contributed by atoms with Crippen molar-refractivity contribution in [3.05, 3.63) is 111 Å². The van der Waals surface area contributed by atoms with E-state index in [1.54, 1.807) is 53.7 Å². The number of imidazole rings is 4. The van der Waals surface area contributed by atoms with E-state index in [0.717, 1.165) is 0 Å². The zero-order chi connectivity index (χ0) is 61.7. The molecule has 13 N–H and O–H groups in total. The Balaban J connectivity index is 0.000000136. The minimum absolute atomic E-state index is 0.148. The third-order valence-electron chi connectivity index (χ3n) is 16.0. The number of rotatable bonds is 9. The number of aryl methyl sites for hydroxylation is 1. The van der Waals surface area contributed by atoms with Crippen LogP contribution in [0.15, 0.2) is 89.1 Å². The Morgan fingerprint density at radius 1 is 0.588 bits per heavy atom. The van der Waals surface area contributed by atoms with E-state index in [1.165, 1.54) is 60.5 Å². The van der Waals surface area contributed by atoms with Gasteiger partial charge >= 0.3 is 0 Å². The highest BCUT2D eigenvalue weighted by atomic mass is 16.6. The quantitative estimate of drug-likeness (QED) is 0.0745. The van der Waals surface area contributed by atoms with Crippen molar-refractivity contribution in [3.63, 3.8) is 0 Å². The number of aliphatic hydroxyl groups is 8. The number of aromatic nitrogens is 13. The molecule has 4 aliphatic heterocycles. The van der Waals surface area contributed by atoms with Crippen LogP contribution in [0.2, 0.25) is 0 Å². The first kappa shape index (κ1) is 60.9. The molecule has 0 saturated carbocycles. The van der Waals surface area contributed by atoms with Crippen LogP contribution in [-0.4, -0.2) is 177 Å². The van der Waals surface area contributed by atoms with Gasteiger partial charge in [-0.15, -0.1) is 6.58 Å². The summed E-state index contributed by atoms with van der Waals surface area (Å²) in [5.74, 6) is -1.27. The highest BCUT2D eigenvalue weighted by molar-refractivity contribution is 5.83. The number of ether oxygens (including phenoxy) is 4. The van der Waals surface area contributed by atoms with Crippen LogP contribution < -0.4 is 22.2 Å². The molecule has 4 fully saturated rings. The molecule has 85 heavy (non-hydrogen) atoms. The van der Waals surface area contributed by atoms with E-state index in [4.69, 9.17) is 24.7 Å². The average Bonchev–Trinajstić information content (AvgIpc) is 3.28. The molecule has 0 spiro atoms. The smallest absolute Gasteiger partial charge is 0.279 e. The number of anilines is 1. The predicted octanol–water partition coefficient (Wildman–Crippen LogP) is -1.32. The molecule has 0 unspecified atom stereocenters. The Kier molecular flexibility index (Phi) is 16.8. The molecule has 0 aromatic carbocycles. The first-order valence-corrected chi connectivity index (χ1v) is 26.4. The number of aliphatic hydroxyl groups excluding tert-OH is 8. The second kappa shape index (κ2) is 23.4. The first-order chi connectivity index (χ1) is 40.5. The van der Waals surface area contributed by atoms with Crippen LogP contribution in [0.3, 0.4) is 0 Å². The maximum atomic E-state index is 11.9. The van der Waals surface area contributed by atoms with E-state index < -0.39 is 109 Å². The molecule has 4 saturated heterocycles. The minimum Gasteiger partial charge on any atom is -0.397 e. The topological polar surface area (TPSA) is 492 Å². The molecular weight excluding hydrogens is 1110 g/mol. The predicted molar refractivity (Wildman–Crippen MR) is 293 cm³/mol. The van der Waals surface area contributed by atoms with Crippen molar-refractivity contribution in [1.29, 1.82) is 15.8 Å². The van der Waals surface area contributed by atoms with Gasteiger partial charge in [-0.25, -0.2) is 29.9 Å². The number of hydrogen-bond donors (Lipinski definition) is 12. The number of nitrogens with one attached hydrogen (secondary N) is 3. The van der Waals surface area contributed by atoms with Crippen molar-refractivity contribution in [2.24, 2.45) is 23.7 Å². The van der Waals surface area contributed by atoms with E-state index in [-0.39, 0.29) is 40.0 Å². The van der Waals surface area contributed by atoms with Gasteiger partial charge in [0.05, 0.1) is 63.5 Å². The van der Waals surface area contributed by atoms with Gasteiger partial charge in [0, 0.05) is 54.4 Å². The Morgan fingerprint density at radius 3 is 1.40 bits per heavy atom. The van der Waals surface area contributed by atoms with E-state index in [9.17, 15) is 71.0 Å². The van der Waals surface area contributed by atoms with Gasteiger partial charge in [0.2, 0.25) is 27.7 Å². The third-order valence-corrected chi connectivity index (χ3v) is 16.0. The van der Waals surface area contributed by atoms with Gasteiger partial charge in [-0.05, 0) is 13.0 Å². The van der Waals surface area contributed by atoms with Crippen LogP contribution in [0.1, 0.15) is 58.4 Å². The number of H-pyrrole nitrogens is 3. The number of nitrogen functional groups attached to an aromatic ring is 1. The van der Waals surface area contributed by atoms with Crippen LogP contribution in [0.4, 0.5) is 5.69 Å². The van der Waals surface area contributed by atoms with Crippen molar-refractivity contribution in [1.82, 2.24) is 63.1 Å². The molecule has 16 atom stereocenters. The summed E-state index contributed by atoms with van der Waals surface area (Å²) in [6, 6.07) is 9.91. The number of nitrogens with zero attached hydrogens (tertiary/aromatic N) is 13. The maximum absolute atomic E-state index is 11.9. The van der Waals surface area contributed by atoms with Crippen molar-refractivity contribution < 1.29 is 59.8 Å². The van der Waals surface area contributed by atoms with Crippen LogP contribution in [0, 0.1) is 64.6 Å². The highest BCUT2D eigenvalue weighted by Crippen LogP contribution is 2.45. The normalized spacial score (nSPS) is 32.2. The molecule has 0 radical (unpaired) electrons. The summed E-state index contributed by atoms with van der Waals surface area (Å²) < 4.78 is 29.0. The highest BCUT2D eigenvalue weighted by Gasteiger charge is 2.57. The van der Waals surface area contributed by atoms with Gasteiger partial charge in [0.25, 0.3) is 5.56 Å². The summed E-state index contributed by atoms with van der Waals surface area (Å²) in [5.41, 5.74) is 2.31. The van der Waals surface area contributed by atoms with E-state index >= 15 is 0 Å². The number of nitriles is 3. The van der Waals surface area contributed by atoms with Gasteiger partial charge in [-0.2, -0.15) is 15.8 Å². The monoisotopic (exact) mass is 1180 g/mol. The second-order valence-electron chi connectivity index (χ2n) is 21.1. The largest absolute Gasteiger partial charge is 0.397 e. The molecule has 32 nitrogen and oxygen atoms in total. The molecule has 12 rings (SSSR count). The van der Waals surface area contributed by atoms with Gasteiger partial charge in [0.15, 0.2) is 27.8 Å². The van der Waals surface area contributed by atoms with Gasteiger partial charge in [-0.1, -0.05) is 33.8 Å². The number of fused-ring (bicyclic) bond motifs is 4. The molecule has 8 aromatic rings. The number of nitrogens with two attached hydrogens (primary N) is 1. The summed E-state index contributed by atoms with van der Waals surface area (Å²) in [5, 5.41) is 106. The van der Waals surface area contributed by atoms with Crippen molar-refractivity contribution >= 4 is 50.3 Å². The lowest BCUT2D eigenvalue weighted by Crippen LogP contribution is -2.43. The molecule has 0 aliphatic carbocycles. The van der Waals surface area contributed by atoms with Gasteiger partial charge in [-0.3, -0.25) is 32.7 Å². The Labute approximate surface area is 479 Å². The van der Waals surface area contributed by atoms with E-state index in [2.05, 4.69) is 51.4 Å². The fourth-order valence-electron chi connectivity index (χ4n) is 11.0. The Bertz CT molecular complexity index is 4100. The molecule has 0 amide bonds. The lowest BCUT2D eigenvalue weighted by Gasteiger charge is -2.26. The maximum Gasteiger partial charge on any atom is 0.279 e. The average molecular weight is 1180 g/mol. The van der Waals surface area contributed by atoms with Crippen molar-refractivity contribution in [2.45, 2.75) is 106 Å². The zero-order valence-corrected chi connectivity index (χ0v) is 46.1. The zero-order valence-electron chi connectivity index (χ0n) is 46.1. The van der Waals surface area contributed by atoms with E-state index in [0.29, 0.717) is 45.1 Å². The van der Waals surface area contributed by atoms with Gasteiger partial charge < -0.3 is 80.5 Å². The fourth-order valence-corrected chi connectivity index (χ4v) is 11.0. The summed E-state index contributed by atoms with van der Waals surface area (Å²) in [6.45, 7) is 10.0. The van der Waals surface area contributed by atoms with Crippen LogP contribution in [0.25, 0.3) is 44.7 Å².